The average Bonchev–Trinajstić information content (AvgIpc) is 3.16. The molecule has 0 heterocycles. The Morgan fingerprint density at radius 1 is 1.21 bits per heavy atom. The van der Waals surface area contributed by atoms with Crippen molar-refractivity contribution in [3.05, 3.63) is 34.9 Å². The molecule has 0 spiro atoms. The second-order valence-corrected chi connectivity index (χ2v) is 5.89. The number of hydrogen-bond acceptors (Lipinski definition) is 2. The van der Waals surface area contributed by atoms with Crippen LogP contribution in [0.25, 0.3) is 0 Å². The van der Waals surface area contributed by atoms with Gasteiger partial charge in [-0.05, 0) is 51.3 Å². The van der Waals surface area contributed by atoms with E-state index in [1.807, 2.05) is 12.1 Å². The van der Waals surface area contributed by atoms with E-state index >= 15 is 0 Å². The van der Waals surface area contributed by atoms with Crippen molar-refractivity contribution >= 4 is 5.78 Å². The predicted molar refractivity (Wildman–Crippen MR) is 79.7 cm³/mol. The molecule has 0 unspecified atom stereocenters. The third-order valence-corrected chi connectivity index (χ3v) is 3.86. The Morgan fingerprint density at radius 3 is 2.37 bits per heavy atom. The lowest BCUT2D eigenvalue weighted by Crippen LogP contribution is -2.28. The van der Waals surface area contributed by atoms with Gasteiger partial charge in [-0.1, -0.05) is 24.1 Å². The van der Waals surface area contributed by atoms with Crippen molar-refractivity contribution in [1.29, 1.82) is 0 Å². The van der Waals surface area contributed by atoms with Crippen LogP contribution in [0.1, 0.15) is 47.7 Å². The molecule has 1 aliphatic carbocycles. The van der Waals surface area contributed by atoms with E-state index in [2.05, 4.69) is 31.7 Å². The predicted octanol–water partition coefficient (Wildman–Crippen LogP) is 3.61. The maximum absolute atomic E-state index is 12.2. The second-order valence-electron chi connectivity index (χ2n) is 5.89. The molecule has 1 aromatic carbocycles. The van der Waals surface area contributed by atoms with Crippen molar-refractivity contribution in [3.63, 3.8) is 0 Å². The summed E-state index contributed by atoms with van der Waals surface area (Å²) < 4.78 is 0. The van der Waals surface area contributed by atoms with Gasteiger partial charge in [0.2, 0.25) is 0 Å². The number of ketones is 1. The first-order chi connectivity index (χ1) is 9.08. The zero-order chi connectivity index (χ0) is 13.8. The van der Waals surface area contributed by atoms with Crippen LogP contribution >= 0.6 is 0 Å². The van der Waals surface area contributed by atoms with Gasteiger partial charge in [0.1, 0.15) is 0 Å². The van der Waals surface area contributed by atoms with E-state index < -0.39 is 0 Å². The lowest BCUT2D eigenvalue weighted by Gasteiger charge is -2.19. The third kappa shape index (κ3) is 4.46. The highest BCUT2D eigenvalue weighted by Gasteiger charge is 2.23. The Balaban J connectivity index is 1.88. The molecule has 2 heteroatoms. The van der Waals surface area contributed by atoms with Gasteiger partial charge in [0.25, 0.3) is 0 Å². The molecule has 0 N–H and O–H groups in total. The first-order valence-corrected chi connectivity index (χ1v) is 7.42. The molecule has 0 amide bonds. The Bertz CT molecular complexity index is 428. The molecule has 104 valence electrons. The first kappa shape index (κ1) is 14.3. The Kier molecular flexibility index (Phi) is 4.76. The Hall–Kier alpha value is -1.15. The molecule has 0 atom stereocenters. The van der Waals surface area contributed by atoms with Crippen molar-refractivity contribution in [2.24, 2.45) is 5.92 Å². The summed E-state index contributed by atoms with van der Waals surface area (Å²) in [5.74, 6) is 1.18. The number of aryl methyl sites for hydroxylation is 2. The number of nitrogens with zero attached hydrogens (tertiary/aromatic N) is 1. The molecule has 0 aliphatic heterocycles. The summed E-state index contributed by atoms with van der Waals surface area (Å²) in [4.78, 5) is 14.7. The molecule has 0 saturated heterocycles. The third-order valence-electron chi connectivity index (χ3n) is 3.86. The highest BCUT2D eigenvalue weighted by Crippen LogP contribution is 2.29. The lowest BCUT2D eigenvalue weighted by atomic mass is 10.0. The molecule has 1 saturated carbocycles. The van der Waals surface area contributed by atoms with Gasteiger partial charge < -0.3 is 4.90 Å². The SMILES string of the molecule is CCN(CCC(=O)c1cc(C)cc(C)c1)CC1CC1. The van der Waals surface area contributed by atoms with Crippen molar-refractivity contribution in [3.8, 4) is 0 Å². The summed E-state index contributed by atoms with van der Waals surface area (Å²) >= 11 is 0. The van der Waals surface area contributed by atoms with Gasteiger partial charge in [-0.3, -0.25) is 4.79 Å². The van der Waals surface area contributed by atoms with Crippen molar-refractivity contribution in [2.45, 2.75) is 40.0 Å². The van der Waals surface area contributed by atoms with Gasteiger partial charge in [0.05, 0.1) is 0 Å². The fraction of sp³-hybridized carbons (Fsp3) is 0.588. The van der Waals surface area contributed by atoms with Crippen LogP contribution in [-0.4, -0.2) is 30.3 Å². The fourth-order valence-electron chi connectivity index (χ4n) is 2.58. The molecule has 1 fully saturated rings. The molecule has 19 heavy (non-hydrogen) atoms. The van der Waals surface area contributed by atoms with Crippen LogP contribution in [0.5, 0.6) is 0 Å². The van der Waals surface area contributed by atoms with Crippen LogP contribution in [0, 0.1) is 19.8 Å². The Labute approximate surface area is 116 Å². The summed E-state index contributed by atoms with van der Waals surface area (Å²) in [6, 6.07) is 6.13. The summed E-state index contributed by atoms with van der Waals surface area (Å²) in [5, 5.41) is 0. The van der Waals surface area contributed by atoms with Crippen LogP contribution in [-0.2, 0) is 0 Å². The van der Waals surface area contributed by atoms with Gasteiger partial charge >= 0.3 is 0 Å². The number of rotatable bonds is 7. The largest absolute Gasteiger partial charge is 0.303 e. The number of carbonyl (C=O) groups is 1. The maximum Gasteiger partial charge on any atom is 0.164 e. The normalized spacial score (nSPS) is 14.9. The minimum Gasteiger partial charge on any atom is -0.303 e. The number of hydrogen-bond donors (Lipinski definition) is 0. The van der Waals surface area contributed by atoms with Crippen molar-refractivity contribution in [2.75, 3.05) is 19.6 Å². The van der Waals surface area contributed by atoms with E-state index in [0.717, 1.165) is 24.6 Å². The number of benzene rings is 1. The zero-order valence-corrected chi connectivity index (χ0v) is 12.4. The van der Waals surface area contributed by atoms with E-state index in [0.29, 0.717) is 6.42 Å². The molecular formula is C17H25NO. The molecule has 0 bridgehead atoms. The van der Waals surface area contributed by atoms with Crippen molar-refractivity contribution < 1.29 is 4.79 Å². The van der Waals surface area contributed by atoms with Gasteiger partial charge in [-0.25, -0.2) is 0 Å². The minimum absolute atomic E-state index is 0.279. The van der Waals surface area contributed by atoms with E-state index in [4.69, 9.17) is 0 Å². The molecule has 0 aromatic heterocycles. The van der Waals surface area contributed by atoms with Crippen LogP contribution in [0.3, 0.4) is 0 Å². The van der Waals surface area contributed by atoms with Crippen molar-refractivity contribution in [1.82, 2.24) is 4.90 Å². The highest BCUT2D eigenvalue weighted by molar-refractivity contribution is 5.96. The van der Waals surface area contributed by atoms with E-state index in [1.54, 1.807) is 0 Å². The second kappa shape index (κ2) is 6.33. The van der Waals surface area contributed by atoms with Crippen LogP contribution in [0.4, 0.5) is 0 Å². The summed E-state index contributed by atoms with van der Waals surface area (Å²) in [5.41, 5.74) is 3.22. The first-order valence-electron chi connectivity index (χ1n) is 7.42. The van der Waals surface area contributed by atoms with E-state index in [9.17, 15) is 4.79 Å². The zero-order valence-electron chi connectivity index (χ0n) is 12.4. The highest BCUT2D eigenvalue weighted by atomic mass is 16.1. The average molecular weight is 259 g/mol. The summed E-state index contributed by atoms with van der Waals surface area (Å²) in [6.07, 6.45) is 3.40. The molecular weight excluding hydrogens is 234 g/mol. The van der Waals surface area contributed by atoms with Crippen LogP contribution in [0.15, 0.2) is 18.2 Å². The minimum atomic E-state index is 0.279. The van der Waals surface area contributed by atoms with Gasteiger partial charge in [-0.2, -0.15) is 0 Å². The summed E-state index contributed by atoms with van der Waals surface area (Å²) in [7, 11) is 0. The Morgan fingerprint density at radius 2 is 1.84 bits per heavy atom. The van der Waals surface area contributed by atoms with E-state index in [1.165, 1.54) is 30.5 Å². The molecule has 0 radical (unpaired) electrons. The molecule has 1 aromatic rings. The number of Topliss-reactive ketones (excluding diaryl/α,β-unsaturated/α-hetero) is 1. The topological polar surface area (TPSA) is 20.3 Å². The smallest absolute Gasteiger partial charge is 0.164 e. The summed E-state index contributed by atoms with van der Waals surface area (Å²) in [6.45, 7) is 9.42. The molecule has 2 nitrogen and oxygen atoms in total. The van der Waals surface area contributed by atoms with E-state index in [-0.39, 0.29) is 5.78 Å². The molecule has 1 aliphatic rings. The monoisotopic (exact) mass is 259 g/mol. The lowest BCUT2D eigenvalue weighted by molar-refractivity contribution is 0.0964. The van der Waals surface area contributed by atoms with Crippen LogP contribution < -0.4 is 0 Å². The van der Waals surface area contributed by atoms with Gasteiger partial charge in [0, 0.05) is 25.1 Å². The fourth-order valence-corrected chi connectivity index (χ4v) is 2.58. The van der Waals surface area contributed by atoms with Crippen LogP contribution in [0.2, 0.25) is 0 Å². The standard InChI is InChI=1S/C17H25NO/c1-4-18(12-15-5-6-15)8-7-17(19)16-10-13(2)9-14(3)11-16/h9-11,15H,4-8,12H2,1-3H3. The quantitative estimate of drug-likeness (QED) is 0.697. The van der Waals surface area contributed by atoms with Gasteiger partial charge in [-0.15, -0.1) is 0 Å². The maximum atomic E-state index is 12.2. The van der Waals surface area contributed by atoms with Gasteiger partial charge in [0.15, 0.2) is 5.78 Å². The molecule has 2 rings (SSSR count). The number of carbonyl (C=O) groups excluding carboxylic acids is 1.